The van der Waals surface area contributed by atoms with Gasteiger partial charge in [0, 0.05) is 10.2 Å². The predicted octanol–water partition coefficient (Wildman–Crippen LogP) is 3.60. The Balaban J connectivity index is 2.28. The number of para-hydroxylation sites is 1. The molecule has 0 aliphatic heterocycles. The molecule has 104 valence electrons. The van der Waals surface area contributed by atoms with Crippen LogP contribution in [0.15, 0.2) is 40.9 Å². The molecule has 0 aliphatic rings. The number of anilines is 2. The van der Waals surface area contributed by atoms with Gasteiger partial charge in [0.15, 0.2) is 0 Å². The van der Waals surface area contributed by atoms with E-state index in [1.54, 1.807) is 18.2 Å². The van der Waals surface area contributed by atoms with Crippen molar-refractivity contribution in [2.24, 2.45) is 5.84 Å². The molecule has 20 heavy (non-hydrogen) atoms. The van der Waals surface area contributed by atoms with Crippen LogP contribution in [0, 0.1) is 13.8 Å². The van der Waals surface area contributed by atoms with Crippen LogP contribution >= 0.6 is 15.9 Å². The molecule has 0 fully saturated rings. The lowest BCUT2D eigenvalue weighted by molar-refractivity contribution is 0.102. The molecule has 2 aromatic carbocycles. The van der Waals surface area contributed by atoms with Crippen molar-refractivity contribution < 1.29 is 4.79 Å². The van der Waals surface area contributed by atoms with Crippen LogP contribution in [0.3, 0.4) is 0 Å². The van der Waals surface area contributed by atoms with Gasteiger partial charge in [0.25, 0.3) is 5.91 Å². The molecule has 0 saturated heterocycles. The number of amides is 1. The van der Waals surface area contributed by atoms with E-state index < -0.39 is 0 Å². The number of rotatable bonds is 3. The van der Waals surface area contributed by atoms with E-state index >= 15 is 0 Å². The smallest absolute Gasteiger partial charge is 0.257 e. The number of hydrogen-bond donors (Lipinski definition) is 3. The van der Waals surface area contributed by atoms with Crippen molar-refractivity contribution in [1.82, 2.24) is 0 Å². The predicted molar refractivity (Wildman–Crippen MR) is 85.8 cm³/mol. The second-order valence-corrected chi connectivity index (χ2v) is 5.36. The largest absolute Gasteiger partial charge is 0.323 e. The van der Waals surface area contributed by atoms with Gasteiger partial charge >= 0.3 is 0 Å². The highest BCUT2D eigenvalue weighted by Crippen LogP contribution is 2.25. The maximum absolute atomic E-state index is 12.3. The van der Waals surface area contributed by atoms with Crippen molar-refractivity contribution in [3.8, 4) is 0 Å². The Bertz CT molecular complexity index is 632. The molecule has 4 N–H and O–H groups in total. The van der Waals surface area contributed by atoms with Crippen LogP contribution in [-0.4, -0.2) is 5.91 Å². The molecule has 2 aromatic rings. The zero-order valence-corrected chi connectivity index (χ0v) is 12.9. The maximum atomic E-state index is 12.3. The van der Waals surface area contributed by atoms with Gasteiger partial charge in [-0.2, -0.15) is 0 Å². The van der Waals surface area contributed by atoms with E-state index in [2.05, 4.69) is 26.7 Å². The summed E-state index contributed by atoms with van der Waals surface area (Å²) >= 11 is 3.51. The summed E-state index contributed by atoms with van der Waals surface area (Å²) in [5, 5.41) is 2.89. The summed E-state index contributed by atoms with van der Waals surface area (Å²) in [6, 6.07) is 10.9. The van der Waals surface area contributed by atoms with Gasteiger partial charge in [0.1, 0.15) is 0 Å². The average Bonchev–Trinajstić information content (AvgIpc) is 2.44. The number of nitrogen functional groups attached to an aromatic ring is 1. The quantitative estimate of drug-likeness (QED) is 0.593. The molecular formula is C15H16BrN3O. The molecule has 0 spiro atoms. The molecule has 0 radical (unpaired) electrons. The van der Waals surface area contributed by atoms with Crippen LogP contribution in [0.25, 0.3) is 0 Å². The number of nitrogens with two attached hydrogens (primary N) is 1. The van der Waals surface area contributed by atoms with Crippen molar-refractivity contribution in [1.29, 1.82) is 0 Å². The number of carbonyl (C=O) groups is 1. The van der Waals surface area contributed by atoms with Crippen LogP contribution < -0.4 is 16.6 Å². The van der Waals surface area contributed by atoms with Crippen molar-refractivity contribution in [2.75, 3.05) is 10.7 Å². The van der Waals surface area contributed by atoms with Crippen LogP contribution in [0.5, 0.6) is 0 Å². The number of benzene rings is 2. The van der Waals surface area contributed by atoms with Crippen molar-refractivity contribution >= 4 is 33.2 Å². The molecule has 0 aliphatic carbocycles. The molecular weight excluding hydrogens is 318 g/mol. The summed E-state index contributed by atoms with van der Waals surface area (Å²) in [4.78, 5) is 12.3. The topological polar surface area (TPSA) is 67.2 Å². The fraction of sp³-hybridized carbons (Fsp3) is 0.133. The first-order chi connectivity index (χ1) is 9.52. The van der Waals surface area contributed by atoms with E-state index in [-0.39, 0.29) is 5.91 Å². The lowest BCUT2D eigenvalue weighted by Gasteiger charge is -2.11. The van der Waals surface area contributed by atoms with Crippen LogP contribution in [-0.2, 0) is 0 Å². The Morgan fingerprint density at radius 2 is 1.75 bits per heavy atom. The Labute approximate surface area is 126 Å². The summed E-state index contributed by atoms with van der Waals surface area (Å²) in [5.74, 6) is 5.22. The number of hydrazine groups is 1. The van der Waals surface area contributed by atoms with E-state index in [1.807, 2.05) is 32.0 Å². The maximum Gasteiger partial charge on any atom is 0.257 e. The molecule has 0 atom stereocenters. The summed E-state index contributed by atoms with van der Waals surface area (Å²) in [5.41, 5.74) is 6.54. The zero-order valence-electron chi connectivity index (χ0n) is 11.3. The molecule has 0 saturated carbocycles. The monoisotopic (exact) mass is 333 g/mol. The number of halogens is 1. The number of hydrogen-bond acceptors (Lipinski definition) is 3. The fourth-order valence-electron chi connectivity index (χ4n) is 2.02. The highest BCUT2D eigenvalue weighted by atomic mass is 79.9. The van der Waals surface area contributed by atoms with E-state index in [4.69, 9.17) is 5.84 Å². The van der Waals surface area contributed by atoms with Gasteiger partial charge < -0.3 is 10.7 Å². The third-order valence-electron chi connectivity index (χ3n) is 3.02. The molecule has 0 heterocycles. The molecule has 0 unspecified atom stereocenters. The van der Waals surface area contributed by atoms with Gasteiger partial charge in [-0.25, -0.2) is 0 Å². The minimum atomic E-state index is -0.195. The molecule has 5 heteroatoms. The Morgan fingerprint density at radius 1 is 1.15 bits per heavy atom. The standard InChI is InChI=1S/C15H16BrN3O/c1-9-7-11(8-10(2)14(9)16)18-15(20)12-5-3-4-6-13(12)19-17/h3-8,19H,17H2,1-2H3,(H,18,20). The molecule has 4 nitrogen and oxygen atoms in total. The average molecular weight is 334 g/mol. The third kappa shape index (κ3) is 3.00. The first-order valence-corrected chi connectivity index (χ1v) is 6.96. The summed E-state index contributed by atoms with van der Waals surface area (Å²) in [6.45, 7) is 3.98. The molecule has 2 rings (SSSR count). The highest BCUT2D eigenvalue weighted by molar-refractivity contribution is 9.10. The summed E-state index contributed by atoms with van der Waals surface area (Å²) in [7, 11) is 0. The van der Waals surface area contributed by atoms with Crippen LogP contribution in [0.2, 0.25) is 0 Å². The summed E-state index contributed by atoms with van der Waals surface area (Å²) in [6.07, 6.45) is 0. The molecule has 0 aromatic heterocycles. The molecule has 0 bridgehead atoms. The van der Waals surface area contributed by atoms with Crippen LogP contribution in [0.4, 0.5) is 11.4 Å². The lowest BCUT2D eigenvalue weighted by atomic mass is 10.1. The first-order valence-electron chi connectivity index (χ1n) is 6.16. The number of nitrogens with one attached hydrogen (secondary N) is 2. The fourth-order valence-corrected chi connectivity index (χ4v) is 2.25. The van der Waals surface area contributed by atoms with Crippen molar-refractivity contribution in [2.45, 2.75) is 13.8 Å². The highest BCUT2D eigenvalue weighted by Gasteiger charge is 2.11. The summed E-state index contributed by atoms with van der Waals surface area (Å²) < 4.78 is 1.06. The molecule has 1 amide bonds. The Morgan fingerprint density at radius 3 is 2.35 bits per heavy atom. The first kappa shape index (κ1) is 14.6. The minimum absolute atomic E-state index is 0.195. The van der Waals surface area contributed by atoms with E-state index in [0.717, 1.165) is 21.3 Å². The van der Waals surface area contributed by atoms with Gasteiger partial charge in [-0.3, -0.25) is 10.6 Å². The number of aryl methyl sites for hydroxylation is 2. The van der Waals surface area contributed by atoms with Crippen molar-refractivity contribution in [3.63, 3.8) is 0 Å². The second-order valence-electron chi connectivity index (χ2n) is 4.57. The van der Waals surface area contributed by atoms with Gasteiger partial charge in [-0.15, -0.1) is 0 Å². The SMILES string of the molecule is Cc1cc(NC(=O)c2ccccc2NN)cc(C)c1Br. The van der Waals surface area contributed by atoms with Gasteiger partial charge in [0.2, 0.25) is 0 Å². The lowest BCUT2D eigenvalue weighted by Crippen LogP contribution is -2.17. The zero-order chi connectivity index (χ0) is 14.7. The third-order valence-corrected chi connectivity index (χ3v) is 4.27. The normalized spacial score (nSPS) is 10.2. The Hall–Kier alpha value is -1.85. The second kappa shape index (κ2) is 6.07. The van der Waals surface area contributed by atoms with Gasteiger partial charge in [-0.1, -0.05) is 28.1 Å². The van der Waals surface area contributed by atoms with E-state index in [9.17, 15) is 4.79 Å². The number of carbonyl (C=O) groups excluding carboxylic acids is 1. The van der Waals surface area contributed by atoms with Crippen molar-refractivity contribution in [3.05, 3.63) is 57.6 Å². The van der Waals surface area contributed by atoms with Crippen LogP contribution in [0.1, 0.15) is 21.5 Å². The van der Waals surface area contributed by atoms with E-state index in [0.29, 0.717) is 11.3 Å². The minimum Gasteiger partial charge on any atom is -0.323 e. The van der Waals surface area contributed by atoms with Gasteiger partial charge in [-0.05, 0) is 49.2 Å². The van der Waals surface area contributed by atoms with Gasteiger partial charge in [0.05, 0.1) is 11.3 Å². The van der Waals surface area contributed by atoms with E-state index in [1.165, 1.54) is 0 Å². The Kier molecular flexibility index (Phi) is 4.42.